The molecule has 2 N–H and O–H groups in total. The first-order valence-corrected chi connectivity index (χ1v) is 6.11. The van der Waals surface area contributed by atoms with E-state index in [9.17, 15) is 0 Å². The smallest absolute Gasteiger partial charge is 0.0543 e. The molecule has 1 aliphatic carbocycles. The van der Waals surface area contributed by atoms with Crippen molar-refractivity contribution in [2.24, 2.45) is 5.73 Å². The molecule has 0 saturated heterocycles. The van der Waals surface area contributed by atoms with Crippen molar-refractivity contribution < 1.29 is 0 Å². The number of nitrogens with two attached hydrogens (primary N) is 1. The van der Waals surface area contributed by atoms with E-state index in [0.717, 1.165) is 18.7 Å². The lowest BCUT2D eigenvalue weighted by atomic mass is 9.91. The van der Waals surface area contributed by atoms with Gasteiger partial charge in [0.1, 0.15) is 0 Å². The largest absolute Gasteiger partial charge is 0.328 e. The third-order valence-corrected chi connectivity index (χ3v) is 3.45. The maximum atomic E-state index is 6.01. The van der Waals surface area contributed by atoms with Crippen molar-refractivity contribution in [3.8, 4) is 0 Å². The number of hydrogen-bond acceptors (Lipinski definition) is 3. The summed E-state index contributed by atoms with van der Waals surface area (Å²) in [6.07, 6.45) is 6.71. The molecule has 0 radical (unpaired) electrons. The fraction of sp³-hybridized carbons (Fsp3) is 0.615. The van der Waals surface area contributed by atoms with E-state index in [4.69, 9.17) is 5.73 Å². The van der Waals surface area contributed by atoms with Gasteiger partial charge in [-0.05, 0) is 38.4 Å². The van der Waals surface area contributed by atoms with Crippen LogP contribution in [0.15, 0.2) is 24.4 Å². The molecule has 1 fully saturated rings. The summed E-state index contributed by atoms with van der Waals surface area (Å²) in [6.45, 7) is 0.929. The van der Waals surface area contributed by atoms with Gasteiger partial charge in [-0.3, -0.25) is 9.88 Å². The molecule has 88 valence electrons. The monoisotopic (exact) mass is 219 g/mol. The van der Waals surface area contributed by atoms with Crippen LogP contribution in [0.4, 0.5) is 0 Å². The molecule has 1 aliphatic rings. The van der Waals surface area contributed by atoms with Gasteiger partial charge >= 0.3 is 0 Å². The second-order valence-corrected chi connectivity index (χ2v) is 4.82. The molecule has 0 spiro atoms. The van der Waals surface area contributed by atoms with Gasteiger partial charge in [0.25, 0.3) is 0 Å². The molecule has 0 amide bonds. The zero-order chi connectivity index (χ0) is 11.4. The first-order valence-electron chi connectivity index (χ1n) is 6.11. The highest BCUT2D eigenvalue weighted by molar-refractivity contribution is 5.03. The minimum atomic E-state index is 0.393. The van der Waals surface area contributed by atoms with E-state index in [2.05, 4.69) is 23.0 Å². The van der Waals surface area contributed by atoms with Gasteiger partial charge < -0.3 is 5.73 Å². The zero-order valence-corrected chi connectivity index (χ0v) is 9.97. The van der Waals surface area contributed by atoms with Crippen LogP contribution >= 0.6 is 0 Å². The second kappa shape index (κ2) is 5.41. The van der Waals surface area contributed by atoms with Gasteiger partial charge in [-0.25, -0.2) is 0 Å². The highest BCUT2D eigenvalue weighted by atomic mass is 15.1. The van der Waals surface area contributed by atoms with Crippen LogP contribution in [-0.4, -0.2) is 29.0 Å². The van der Waals surface area contributed by atoms with E-state index in [1.165, 1.54) is 19.3 Å². The molecular formula is C13H21N3. The van der Waals surface area contributed by atoms with E-state index in [1.54, 1.807) is 0 Å². The maximum absolute atomic E-state index is 6.01. The third-order valence-electron chi connectivity index (χ3n) is 3.45. The lowest BCUT2D eigenvalue weighted by molar-refractivity contribution is 0.172. The Hall–Kier alpha value is -0.930. The van der Waals surface area contributed by atoms with Crippen molar-refractivity contribution in [2.75, 3.05) is 7.05 Å². The summed E-state index contributed by atoms with van der Waals surface area (Å²) in [4.78, 5) is 6.75. The molecule has 1 aromatic heterocycles. The first kappa shape index (κ1) is 11.6. The molecule has 0 aliphatic heterocycles. The summed E-state index contributed by atoms with van der Waals surface area (Å²) in [5.74, 6) is 0. The lowest BCUT2D eigenvalue weighted by Crippen LogP contribution is -2.40. The molecule has 3 nitrogen and oxygen atoms in total. The highest BCUT2D eigenvalue weighted by Gasteiger charge is 2.22. The Morgan fingerprint density at radius 2 is 2.31 bits per heavy atom. The minimum Gasteiger partial charge on any atom is -0.328 e. The molecular weight excluding hydrogens is 198 g/mol. The molecule has 2 rings (SSSR count). The molecule has 1 saturated carbocycles. The van der Waals surface area contributed by atoms with Crippen molar-refractivity contribution in [2.45, 2.75) is 44.3 Å². The van der Waals surface area contributed by atoms with Crippen molar-refractivity contribution in [1.29, 1.82) is 0 Å². The molecule has 2 unspecified atom stereocenters. The first-order chi connectivity index (χ1) is 7.75. The number of nitrogens with zero attached hydrogens (tertiary/aromatic N) is 2. The predicted octanol–water partition coefficient (Wildman–Crippen LogP) is 1.78. The Bertz CT molecular complexity index is 312. The fourth-order valence-corrected chi connectivity index (χ4v) is 2.48. The summed E-state index contributed by atoms with van der Waals surface area (Å²) in [5, 5.41) is 0. The van der Waals surface area contributed by atoms with E-state index in [0.29, 0.717) is 12.1 Å². The predicted molar refractivity (Wildman–Crippen MR) is 65.9 cm³/mol. The van der Waals surface area contributed by atoms with Crippen LogP contribution in [0.2, 0.25) is 0 Å². The Kier molecular flexibility index (Phi) is 3.91. The Balaban J connectivity index is 1.90. The average Bonchev–Trinajstić information content (AvgIpc) is 2.30. The molecule has 2 atom stereocenters. The van der Waals surface area contributed by atoms with Crippen LogP contribution in [0.1, 0.15) is 31.4 Å². The Labute approximate surface area is 97.7 Å². The normalized spacial score (nSPS) is 25.9. The highest BCUT2D eigenvalue weighted by Crippen LogP contribution is 2.21. The van der Waals surface area contributed by atoms with Gasteiger partial charge in [-0.1, -0.05) is 12.5 Å². The van der Waals surface area contributed by atoms with E-state index in [-0.39, 0.29) is 0 Å². The van der Waals surface area contributed by atoms with E-state index in [1.807, 2.05) is 18.3 Å². The summed E-state index contributed by atoms with van der Waals surface area (Å²) in [7, 11) is 2.18. The van der Waals surface area contributed by atoms with Gasteiger partial charge in [-0.15, -0.1) is 0 Å². The van der Waals surface area contributed by atoms with Crippen molar-refractivity contribution in [3.63, 3.8) is 0 Å². The summed E-state index contributed by atoms with van der Waals surface area (Å²) < 4.78 is 0. The average molecular weight is 219 g/mol. The van der Waals surface area contributed by atoms with Crippen LogP contribution in [0.25, 0.3) is 0 Å². The van der Waals surface area contributed by atoms with Crippen LogP contribution < -0.4 is 5.73 Å². The summed E-state index contributed by atoms with van der Waals surface area (Å²) in [5.41, 5.74) is 7.16. The van der Waals surface area contributed by atoms with Crippen molar-refractivity contribution >= 4 is 0 Å². The van der Waals surface area contributed by atoms with Gasteiger partial charge in [0.2, 0.25) is 0 Å². The van der Waals surface area contributed by atoms with Crippen LogP contribution in [0.3, 0.4) is 0 Å². The maximum Gasteiger partial charge on any atom is 0.0543 e. The van der Waals surface area contributed by atoms with Crippen molar-refractivity contribution in [1.82, 2.24) is 9.88 Å². The fourth-order valence-electron chi connectivity index (χ4n) is 2.48. The third kappa shape index (κ3) is 3.03. The van der Waals surface area contributed by atoms with Gasteiger partial charge in [0, 0.05) is 24.8 Å². The van der Waals surface area contributed by atoms with E-state index < -0.39 is 0 Å². The lowest BCUT2D eigenvalue weighted by Gasteiger charge is -2.33. The quantitative estimate of drug-likeness (QED) is 0.842. The number of pyridine rings is 1. The molecule has 1 aromatic rings. The minimum absolute atomic E-state index is 0.393. The van der Waals surface area contributed by atoms with Crippen LogP contribution in [-0.2, 0) is 6.54 Å². The molecule has 16 heavy (non-hydrogen) atoms. The van der Waals surface area contributed by atoms with Gasteiger partial charge in [0.15, 0.2) is 0 Å². The van der Waals surface area contributed by atoms with Crippen molar-refractivity contribution in [3.05, 3.63) is 30.1 Å². The van der Waals surface area contributed by atoms with Gasteiger partial charge in [0.05, 0.1) is 5.69 Å². The van der Waals surface area contributed by atoms with E-state index >= 15 is 0 Å². The number of aromatic nitrogens is 1. The second-order valence-electron chi connectivity index (χ2n) is 4.82. The zero-order valence-electron chi connectivity index (χ0n) is 9.97. The topological polar surface area (TPSA) is 42.2 Å². The number of rotatable bonds is 3. The summed E-state index contributed by atoms with van der Waals surface area (Å²) >= 11 is 0. The van der Waals surface area contributed by atoms with Crippen LogP contribution in [0.5, 0.6) is 0 Å². The Morgan fingerprint density at radius 3 is 3.00 bits per heavy atom. The molecule has 3 heteroatoms. The Morgan fingerprint density at radius 1 is 1.44 bits per heavy atom. The SMILES string of the molecule is CN(Cc1ccccn1)C1CCCC(N)C1. The summed E-state index contributed by atoms with van der Waals surface area (Å²) in [6, 6.07) is 7.11. The van der Waals surface area contributed by atoms with Gasteiger partial charge in [-0.2, -0.15) is 0 Å². The number of hydrogen-bond donors (Lipinski definition) is 1. The van der Waals surface area contributed by atoms with Crippen LogP contribution in [0, 0.1) is 0 Å². The molecule has 0 aromatic carbocycles. The molecule has 0 bridgehead atoms. The standard InChI is InChI=1S/C13H21N3/c1-16(10-12-6-2-3-8-15-12)13-7-4-5-11(14)9-13/h2-3,6,8,11,13H,4-5,7,9-10,14H2,1H3. The molecule has 1 heterocycles.